The van der Waals surface area contributed by atoms with E-state index >= 15 is 0 Å². The SMILES string of the molecule is Cc1c(Cl)cccc1N1C(=O)[C@@H]2C(C(=O)c3ccccc3)=NN(c3ccccc3)[C@@H]2C1=O. The van der Waals surface area contributed by atoms with E-state index in [2.05, 4.69) is 5.10 Å². The number of carbonyl (C=O) groups excluding carboxylic acids is 3. The molecule has 2 aliphatic rings. The number of para-hydroxylation sites is 1. The molecule has 0 unspecified atom stereocenters. The Hall–Kier alpha value is -3.77. The molecule has 0 bridgehead atoms. The maximum atomic E-state index is 13.6. The van der Waals surface area contributed by atoms with Crippen LogP contribution in [-0.2, 0) is 9.59 Å². The second-order valence-corrected chi connectivity index (χ2v) is 8.09. The van der Waals surface area contributed by atoms with E-state index in [1.165, 1.54) is 5.01 Å². The molecular weight excluding hydrogens is 426 g/mol. The first kappa shape index (κ1) is 20.2. The summed E-state index contributed by atoms with van der Waals surface area (Å²) < 4.78 is 0. The molecule has 7 heteroatoms. The highest BCUT2D eigenvalue weighted by Gasteiger charge is 2.58. The van der Waals surface area contributed by atoms with Gasteiger partial charge in [-0.25, -0.2) is 4.90 Å². The second kappa shape index (κ2) is 7.73. The van der Waals surface area contributed by atoms with Gasteiger partial charge in [0.15, 0.2) is 0 Å². The van der Waals surface area contributed by atoms with Crippen molar-refractivity contribution in [2.24, 2.45) is 11.0 Å². The number of hydrogen-bond donors (Lipinski definition) is 0. The van der Waals surface area contributed by atoms with Gasteiger partial charge < -0.3 is 0 Å². The molecule has 158 valence electrons. The molecule has 0 aliphatic carbocycles. The molecule has 1 fully saturated rings. The van der Waals surface area contributed by atoms with Gasteiger partial charge >= 0.3 is 0 Å². The summed E-state index contributed by atoms with van der Waals surface area (Å²) in [6, 6.07) is 21.9. The van der Waals surface area contributed by atoms with Crippen LogP contribution in [0.15, 0.2) is 84.0 Å². The minimum absolute atomic E-state index is 0.0607. The van der Waals surface area contributed by atoms with Crippen LogP contribution in [0, 0.1) is 12.8 Å². The van der Waals surface area contributed by atoms with Gasteiger partial charge in [-0.3, -0.25) is 19.4 Å². The number of anilines is 2. The smallest absolute Gasteiger partial charge is 0.259 e. The maximum Gasteiger partial charge on any atom is 0.259 e. The predicted molar refractivity (Wildman–Crippen MR) is 123 cm³/mol. The number of hydrazone groups is 1. The highest BCUT2D eigenvalue weighted by molar-refractivity contribution is 6.53. The average Bonchev–Trinajstić information content (AvgIpc) is 3.33. The predicted octanol–water partition coefficient (Wildman–Crippen LogP) is 4.27. The number of amides is 2. The van der Waals surface area contributed by atoms with Gasteiger partial charge in [0.1, 0.15) is 17.7 Å². The number of benzene rings is 3. The molecule has 0 radical (unpaired) electrons. The van der Waals surface area contributed by atoms with Crippen molar-refractivity contribution in [3.8, 4) is 0 Å². The Balaban J connectivity index is 1.64. The van der Waals surface area contributed by atoms with Crippen LogP contribution in [0.3, 0.4) is 0 Å². The van der Waals surface area contributed by atoms with Crippen molar-refractivity contribution in [1.29, 1.82) is 0 Å². The molecule has 0 aromatic heterocycles. The summed E-state index contributed by atoms with van der Waals surface area (Å²) in [4.78, 5) is 41.6. The Bertz CT molecular complexity index is 1270. The van der Waals surface area contributed by atoms with E-state index in [-0.39, 0.29) is 11.5 Å². The first-order chi connectivity index (χ1) is 15.5. The topological polar surface area (TPSA) is 70.1 Å². The molecule has 6 nitrogen and oxygen atoms in total. The number of Topliss-reactive ketones (excluding diaryl/α,β-unsaturated/α-hetero) is 1. The van der Waals surface area contributed by atoms with Crippen molar-refractivity contribution in [2.45, 2.75) is 13.0 Å². The third-order valence-corrected chi connectivity index (χ3v) is 6.23. The van der Waals surface area contributed by atoms with Gasteiger partial charge in [0.05, 0.1) is 11.4 Å². The van der Waals surface area contributed by atoms with Crippen molar-refractivity contribution in [3.05, 3.63) is 95.0 Å². The molecule has 2 atom stereocenters. The van der Waals surface area contributed by atoms with Crippen molar-refractivity contribution >= 4 is 46.3 Å². The largest absolute Gasteiger partial charge is 0.287 e. The van der Waals surface area contributed by atoms with Crippen LogP contribution in [-0.4, -0.2) is 29.4 Å². The van der Waals surface area contributed by atoms with E-state index in [4.69, 9.17) is 11.6 Å². The van der Waals surface area contributed by atoms with Crippen molar-refractivity contribution in [2.75, 3.05) is 9.91 Å². The zero-order valence-electron chi connectivity index (χ0n) is 17.1. The van der Waals surface area contributed by atoms with Gasteiger partial charge in [0.2, 0.25) is 11.7 Å². The van der Waals surface area contributed by atoms with Gasteiger partial charge in [-0.2, -0.15) is 5.10 Å². The molecule has 3 aromatic carbocycles. The molecule has 32 heavy (non-hydrogen) atoms. The minimum atomic E-state index is -1.01. The average molecular weight is 444 g/mol. The van der Waals surface area contributed by atoms with Gasteiger partial charge in [0.25, 0.3) is 5.91 Å². The lowest BCUT2D eigenvalue weighted by molar-refractivity contribution is -0.121. The fourth-order valence-corrected chi connectivity index (χ4v) is 4.38. The zero-order chi connectivity index (χ0) is 22.4. The van der Waals surface area contributed by atoms with E-state index in [1.807, 2.05) is 18.2 Å². The van der Waals surface area contributed by atoms with Crippen molar-refractivity contribution in [3.63, 3.8) is 0 Å². The number of carbonyl (C=O) groups is 3. The van der Waals surface area contributed by atoms with E-state index < -0.39 is 23.8 Å². The van der Waals surface area contributed by atoms with Crippen LogP contribution in [0.4, 0.5) is 11.4 Å². The summed E-state index contributed by atoms with van der Waals surface area (Å²) in [6.45, 7) is 1.76. The summed E-state index contributed by atoms with van der Waals surface area (Å²) in [7, 11) is 0. The van der Waals surface area contributed by atoms with Gasteiger partial charge in [0, 0.05) is 10.6 Å². The second-order valence-electron chi connectivity index (χ2n) is 7.68. The molecule has 2 heterocycles. The lowest BCUT2D eigenvalue weighted by Gasteiger charge is -2.23. The van der Waals surface area contributed by atoms with Crippen LogP contribution in [0.25, 0.3) is 0 Å². The van der Waals surface area contributed by atoms with Crippen LogP contribution >= 0.6 is 11.6 Å². The summed E-state index contributed by atoms with van der Waals surface area (Å²) in [5.74, 6) is -2.29. The van der Waals surface area contributed by atoms with Crippen molar-refractivity contribution in [1.82, 2.24) is 0 Å². The Morgan fingerprint density at radius 2 is 1.53 bits per heavy atom. The molecule has 0 spiro atoms. The van der Waals surface area contributed by atoms with Crippen LogP contribution in [0.1, 0.15) is 15.9 Å². The van der Waals surface area contributed by atoms with Crippen LogP contribution < -0.4 is 9.91 Å². The number of imide groups is 1. The number of fused-ring (bicyclic) bond motifs is 1. The van der Waals surface area contributed by atoms with Crippen molar-refractivity contribution < 1.29 is 14.4 Å². The highest BCUT2D eigenvalue weighted by atomic mass is 35.5. The molecule has 3 aromatic rings. The van der Waals surface area contributed by atoms with Crippen LogP contribution in [0.5, 0.6) is 0 Å². The molecular formula is C25H18ClN3O3. The van der Waals surface area contributed by atoms with E-state index in [0.29, 0.717) is 27.5 Å². The normalized spacial score (nSPS) is 19.9. The van der Waals surface area contributed by atoms with E-state index in [9.17, 15) is 14.4 Å². The molecule has 5 rings (SSSR count). The Morgan fingerprint density at radius 1 is 0.875 bits per heavy atom. The fourth-order valence-electron chi connectivity index (χ4n) is 4.21. The fraction of sp³-hybridized carbons (Fsp3) is 0.120. The Kier molecular flexibility index (Phi) is 4.87. The highest BCUT2D eigenvalue weighted by Crippen LogP contribution is 2.40. The van der Waals surface area contributed by atoms with Gasteiger partial charge in [-0.15, -0.1) is 0 Å². The third kappa shape index (κ3) is 3.03. The Morgan fingerprint density at radius 3 is 2.22 bits per heavy atom. The third-order valence-electron chi connectivity index (χ3n) is 5.82. The molecule has 2 aliphatic heterocycles. The Labute approximate surface area is 189 Å². The standard InChI is InChI=1S/C25H18ClN3O3/c1-15-18(26)13-8-14-19(15)28-24(31)20-21(23(30)16-9-4-2-5-10-16)27-29(22(20)25(28)32)17-11-6-3-7-12-17/h2-14,20,22H,1H3/t20-,22+/m1/s1. The van der Waals surface area contributed by atoms with Crippen LogP contribution in [0.2, 0.25) is 5.02 Å². The molecule has 1 saturated heterocycles. The van der Waals surface area contributed by atoms with Gasteiger partial charge in [-0.1, -0.05) is 66.2 Å². The number of ketones is 1. The van der Waals surface area contributed by atoms with E-state index in [1.54, 1.807) is 67.6 Å². The lowest BCUT2D eigenvalue weighted by Crippen LogP contribution is -2.39. The first-order valence-corrected chi connectivity index (χ1v) is 10.5. The minimum Gasteiger partial charge on any atom is -0.287 e. The number of rotatable bonds is 4. The van der Waals surface area contributed by atoms with E-state index in [0.717, 1.165) is 4.90 Å². The molecule has 0 N–H and O–H groups in total. The quantitative estimate of drug-likeness (QED) is 0.446. The lowest BCUT2D eigenvalue weighted by atomic mass is 9.92. The number of halogens is 1. The monoisotopic (exact) mass is 443 g/mol. The molecule has 2 amide bonds. The number of nitrogens with zero attached hydrogens (tertiary/aromatic N) is 3. The molecule has 0 saturated carbocycles. The zero-order valence-corrected chi connectivity index (χ0v) is 17.9. The summed E-state index contributed by atoms with van der Waals surface area (Å²) >= 11 is 6.25. The first-order valence-electron chi connectivity index (χ1n) is 10.1. The summed E-state index contributed by atoms with van der Waals surface area (Å²) in [6.07, 6.45) is 0. The van der Waals surface area contributed by atoms with Gasteiger partial charge in [-0.05, 0) is 36.8 Å². The summed E-state index contributed by atoms with van der Waals surface area (Å²) in [5.41, 5.74) is 2.14. The number of hydrogen-bond acceptors (Lipinski definition) is 5. The maximum absolute atomic E-state index is 13.6. The summed E-state index contributed by atoms with van der Waals surface area (Å²) in [5, 5.41) is 6.43.